The van der Waals surface area contributed by atoms with E-state index < -0.39 is 11.6 Å². The molecular formula is C15H12ClF2NO2. The fourth-order valence-electron chi connectivity index (χ4n) is 1.84. The molecule has 1 amide bonds. The summed E-state index contributed by atoms with van der Waals surface area (Å²) in [6.45, 7) is 0. The van der Waals surface area contributed by atoms with Crippen molar-refractivity contribution in [2.45, 2.75) is 6.42 Å². The predicted molar refractivity (Wildman–Crippen MR) is 76.7 cm³/mol. The zero-order chi connectivity index (χ0) is 15.4. The second-order valence-corrected chi connectivity index (χ2v) is 4.75. The first-order valence-electron chi connectivity index (χ1n) is 6.07. The molecule has 110 valence electrons. The zero-order valence-corrected chi connectivity index (χ0v) is 11.9. The number of benzene rings is 2. The lowest BCUT2D eigenvalue weighted by Crippen LogP contribution is -2.15. The molecule has 2 rings (SSSR count). The van der Waals surface area contributed by atoms with E-state index in [4.69, 9.17) is 16.3 Å². The average molecular weight is 312 g/mol. The number of hydrogen-bond donors (Lipinski definition) is 1. The highest BCUT2D eigenvalue weighted by atomic mass is 35.5. The molecule has 0 saturated heterocycles. The average Bonchev–Trinajstić information content (AvgIpc) is 2.43. The molecular weight excluding hydrogens is 300 g/mol. The van der Waals surface area contributed by atoms with E-state index in [0.29, 0.717) is 16.3 Å². The topological polar surface area (TPSA) is 38.3 Å². The molecule has 0 spiro atoms. The first-order valence-corrected chi connectivity index (χ1v) is 6.44. The van der Waals surface area contributed by atoms with Gasteiger partial charge in [0.05, 0.1) is 13.5 Å². The maximum atomic E-state index is 13.1. The lowest BCUT2D eigenvalue weighted by Gasteiger charge is -2.09. The van der Waals surface area contributed by atoms with Crippen molar-refractivity contribution in [3.8, 4) is 5.75 Å². The summed E-state index contributed by atoms with van der Waals surface area (Å²) in [7, 11) is 1.49. The molecule has 0 radical (unpaired) electrons. The third kappa shape index (κ3) is 3.92. The molecule has 1 N–H and O–H groups in total. The van der Waals surface area contributed by atoms with Gasteiger partial charge >= 0.3 is 0 Å². The maximum absolute atomic E-state index is 13.1. The summed E-state index contributed by atoms with van der Waals surface area (Å²) >= 11 is 5.88. The van der Waals surface area contributed by atoms with Gasteiger partial charge in [-0.15, -0.1) is 0 Å². The number of rotatable bonds is 4. The van der Waals surface area contributed by atoms with E-state index in [0.717, 1.165) is 12.1 Å². The highest BCUT2D eigenvalue weighted by Gasteiger charge is 2.11. The number of nitrogens with one attached hydrogen (secondary N) is 1. The van der Waals surface area contributed by atoms with Gasteiger partial charge in [0.15, 0.2) is 11.6 Å². The fourth-order valence-corrected chi connectivity index (χ4v) is 2.03. The van der Waals surface area contributed by atoms with Crippen molar-refractivity contribution in [2.75, 3.05) is 12.4 Å². The molecule has 0 aliphatic rings. The van der Waals surface area contributed by atoms with Crippen molar-refractivity contribution >= 4 is 23.2 Å². The number of halogens is 3. The van der Waals surface area contributed by atoms with E-state index in [9.17, 15) is 13.6 Å². The van der Waals surface area contributed by atoms with Crippen LogP contribution < -0.4 is 10.1 Å². The lowest BCUT2D eigenvalue weighted by molar-refractivity contribution is -0.115. The van der Waals surface area contributed by atoms with E-state index in [2.05, 4.69) is 5.32 Å². The Labute approximate surface area is 125 Å². The number of carbonyl (C=O) groups is 1. The Balaban J connectivity index is 2.11. The van der Waals surface area contributed by atoms with Gasteiger partial charge in [-0.25, -0.2) is 8.78 Å². The summed E-state index contributed by atoms with van der Waals surface area (Å²) in [5.41, 5.74) is 0.782. The molecule has 2 aromatic rings. The zero-order valence-electron chi connectivity index (χ0n) is 11.1. The number of methoxy groups -OCH3 is 1. The van der Waals surface area contributed by atoms with Crippen LogP contribution in [0.3, 0.4) is 0 Å². The molecule has 2 aromatic carbocycles. The molecule has 0 saturated carbocycles. The van der Waals surface area contributed by atoms with Gasteiger partial charge in [0, 0.05) is 22.3 Å². The molecule has 21 heavy (non-hydrogen) atoms. The van der Waals surface area contributed by atoms with Gasteiger partial charge in [-0.05, 0) is 30.3 Å². The highest BCUT2D eigenvalue weighted by molar-refractivity contribution is 6.30. The van der Waals surface area contributed by atoms with Crippen LogP contribution in [0.1, 0.15) is 5.56 Å². The summed E-state index contributed by atoms with van der Waals surface area (Å²) < 4.78 is 31.0. The van der Waals surface area contributed by atoms with E-state index in [1.807, 2.05) is 0 Å². The Kier molecular flexibility index (Phi) is 4.75. The molecule has 0 aliphatic carbocycles. The van der Waals surface area contributed by atoms with Crippen molar-refractivity contribution in [3.05, 3.63) is 58.6 Å². The van der Waals surface area contributed by atoms with E-state index >= 15 is 0 Å². The molecule has 0 unspecified atom stereocenters. The smallest absolute Gasteiger partial charge is 0.228 e. The Morgan fingerprint density at radius 1 is 1.19 bits per heavy atom. The van der Waals surface area contributed by atoms with Crippen LogP contribution in [0.15, 0.2) is 36.4 Å². The number of anilines is 1. The first-order chi connectivity index (χ1) is 9.99. The molecule has 0 bridgehead atoms. The monoisotopic (exact) mass is 311 g/mol. The van der Waals surface area contributed by atoms with Crippen molar-refractivity contribution in [1.29, 1.82) is 0 Å². The number of carbonyl (C=O) groups excluding carboxylic acids is 1. The van der Waals surface area contributed by atoms with Gasteiger partial charge in [-0.2, -0.15) is 0 Å². The molecule has 3 nitrogen and oxygen atoms in total. The van der Waals surface area contributed by atoms with Crippen LogP contribution in [-0.2, 0) is 11.2 Å². The Morgan fingerprint density at radius 2 is 1.95 bits per heavy atom. The minimum Gasteiger partial charge on any atom is -0.496 e. The third-order valence-corrected chi connectivity index (χ3v) is 3.03. The summed E-state index contributed by atoms with van der Waals surface area (Å²) in [5.74, 6) is -1.85. The second-order valence-electron chi connectivity index (χ2n) is 4.31. The molecule has 0 atom stereocenters. The number of ether oxygens (including phenoxy) is 1. The van der Waals surface area contributed by atoms with Crippen molar-refractivity contribution in [1.82, 2.24) is 0 Å². The largest absolute Gasteiger partial charge is 0.496 e. The minimum absolute atomic E-state index is 0.00271. The van der Waals surface area contributed by atoms with Crippen LogP contribution >= 0.6 is 11.6 Å². The van der Waals surface area contributed by atoms with E-state index in [1.54, 1.807) is 18.2 Å². The summed E-state index contributed by atoms with van der Waals surface area (Å²) in [6, 6.07) is 8.07. The summed E-state index contributed by atoms with van der Waals surface area (Å²) in [5, 5.41) is 2.96. The molecule has 0 fully saturated rings. The van der Waals surface area contributed by atoms with Crippen LogP contribution in [0, 0.1) is 11.6 Å². The van der Waals surface area contributed by atoms with Crippen molar-refractivity contribution in [2.24, 2.45) is 0 Å². The minimum atomic E-state index is -1.02. The quantitative estimate of drug-likeness (QED) is 0.932. The predicted octanol–water partition coefficient (Wildman–Crippen LogP) is 3.81. The normalized spacial score (nSPS) is 10.3. The Morgan fingerprint density at radius 3 is 2.62 bits per heavy atom. The van der Waals surface area contributed by atoms with Gasteiger partial charge < -0.3 is 10.1 Å². The van der Waals surface area contributed by atoms with Gasteiger partial charge in [0.1, 0.15) is 5.75 Å². The van der Waals surface area contributed by atoms with Crippen molar-refractivity contribution < 1.29 is 18.3 Å². The van der Waals surface area contributed by atoms with Crippen LogP contribution in [0.4, 0.5) is 14.5 Å². The van der Waals surface area contributed by atoms with E-state index in [1.165, 1.54) is 13.2 Å². The third-order valence-electron chi connectivity index (χ3n) is 2.80. The summed E-state index contributed by atoms with van der Waals surface area (Å²) in [6.07, 6.45) is 0.00271. The first kappa shape index (κ1) is 15.3. The van der Waals surface area contributed by atoms with Gasteiger partial charge in [0.25, 0.3) is 0 Å². The van der Waals surface area contributed by atoms with Crippen LogP contribution in [0.25, 0.3) is 0 Å². The Hall–Kier alpha value is -2.14. The van der Waals surface area contributed by atoms with E-state index in [-0.39, 0.29) is 18.0 Å². The SMILES string of the molecule is COc1ccc(Cl)cc1CC(=O)Nc1ccc(F)c(F)c1. The highest BCUT2D eigenvalue weighted by Crippen LogP contribution is 2.23. The molecule has 0 aromatic heterocycles. The fraction of sp³-hybridized carbons (Fsp3) is 0.133. The Bertz CT molecular complexity index is 677. The summed E-state index contributed by atoms with van der Waals surface area (Å²) in [4.78, 5) is 11.9. The maximum Gasteiger partial charge on any atom is 0.228 e. The van der Waals surface area contributed by atoms with Crippen LogP contribution in [0.5, 0.6) is 5.75 Å². The molecule has 0 aliphatic heterocycles. The second kappa shape index (κ2) is 6.54. The standard InChI is InChI=1S/C15H12ClF2NO2/c1-21-14-5-2-10(16)6-9(14)7-15(20)19-11-3-4-12(17)13(18)8-11/h2-6,8H,7H2,1H3,(H,19,20). The van der Waals surface area contributed by atoms with Gasteiger partial charge in [-0.1, -0.05) is 11.6 Å². The van der Waals surface area contributed by atoms with Crippen LogP contribution in [-0.4, -0.2) is 13.0 Å². The van der Waals surface area contributed by atoms with Crippen LogP contribution in [0.2, 0.25) is 5.02 Å². The molecule has 0 heterocycles. The lowest BCUT2D eigenvalue weighted by atomic mass is 10.1. The van der Waals surface area contributed by atoms with Gasteiger partial charge in [0.2, 0.25) is 5.91 Å². The van der Waals surface area contributed by atoms with Gasteiger partial charge in [-0.3, -0.25) is 4.79 Å². The number of hydrogen-bond acceptors (Lipinski definition) is 2. The molecule has 6 heteroatoms. The van der Waals surface area contributed by atoms with Crippen molar-refractivity contribution in [3.63, 3.8) is 0 Å². The number of amides is 1.